The van der Waals surface area contributed by atoms with Crippen molar-refractivity contribution in [3.8, 4) is 0 Å². The Balaban J connectivity index is 1.53. The zero-order valence-corrected chi connectivity index (χ0v) is 19.3. The molecule has 172 valence electrons. The lowest BCUT2D eigenvalue weighted by Gasteiger charge is -2.35. The molecule has 0 N–H and O–H groups in total. The van der Waals surface area contributed by atoms with Crippen LogP contribution in [-0.4, -0.2) is 31.2 Å². The Hall–Kier alpha value is -3.18. The van der Waals surface area contributed by atoms with Crippen LogP contribution in [-0.2, 0) is 17.8 Å². The van der Waals surface area contributed by atoms with Crippen molar-refractivity contribution in [2.75, 3.05) is 25.1 Å². The summed E-state index contributed by atoms with van der Waals surface area (Å²) in [6.07, 6.45) is 1.68. The van der Waals surface area contributed by atoms with Crippen molar-refractivity contribution in [2.24, 2.45) is 0 Å². The molecule has 0 spiro atoms. The SMILES string of the molecule is COC(=O)N(Cc1ccccc1)c1cccc(C)c1C1CCN(Cc2ccc(F)cc2)CC1. The lowest BCUT2D eigenvalue weighted by molar-refractivity contribution is 0.178. The van der Waals surface area contributed by atoms with E-state index in [1.54, 1.807) is 4.90 Å². The molecule has 0 saturated carbocycles. The summed E-state index contributed by atoms with van der Waals surface area (Å²) in [6.45, 7) is 5.35. The number of carbonyl (C=O) groups excluding carboxylic acids is 1. The normalized spacial score (nSPS) is 14.8. The lowest BCUT2D eigenvalue weighted by atomic mass is 9.85. The molecule has 1 fully saturated rings. The molecule has 1 aliphatic rings. The second-order valence-corrected chi connectivity index (χ2v) is 8.73. The van der Waals surface area contributed by atoms with Gasteiger partial charge in [0.2, 0.25) is 0 Å². The third kappa shape index (κ3) is 5.60. The van der Waals surface area contributed by atoms with Gasteiger partial charge in [0, 0.05) is 6.54 Å². The van der Waals surface area contributed by atoms with Crippen molar-refractivity contribution >= 4 is 11.8 Å². The van der Waals surface area contributed by atoms with E-state index in [1.165, 1.54) is 30.4 Å². The Bertz CT molecular complexity index is 1060. The predicted octanol–water partition coefficient (Wildman–Crippen LogP) is 6.29. The monoisotopic (exact) mass is 446 g/mol. The predicted molar refractivity (Wildman–Crippen MR) is 130 cm³/mol. The van der Waals surface area contributed by atoms with Crippen molar-refractivity contribution < 1.29 is 13.9 Å². The molecule has 1 amide bonds. The Morgan fingerprint density at radius 2 is 1.67 bits per heavy atom. The first-order valence-corrected chi connectivity index (χ1v) is 11.5. The van der Waals surface area contributed by atoms with Gasteiger partial charge in [-0.3, -0.25) is 9.80 Å². The molecule has 0 aliphatic carbocycles. The van der Waals surface area contributed by atoms with Gasteiger partial charge in [-0.25, -0.2) is 9.18 Å². The standard InChI is InChI=1S/C28H31FN2O2/c1-21-7-6-10-26(31(28(32)33-2)20-22-8-4-3-5-9-22)27(21)24-15-17-30(18-16-24)19-23-11-13-25(29)14-12-23/h3-14,24H,15-20H2,1-2H3. The minimum Gasteiger partial charge on any atom is -0.452 e. The number of methoxy groups -OCH3 is 1. The number of hydrogen-bond acceptors (Lipinski definition) is 3. The molecule has 0 aromatic heterocycles. The zero-order valence-electron chi connectivity index (χ0n) is 19.3. The number of halogens is 1. The van der Waals surface area contributed by atoms with E-state index < -0.39 is 0 Å². The fourth-order valence-corrected chi connectivity index (χ4v) is 4.78. The molecule has 1 heterocycles. The molecule has 4 nitrogen and oxygen atoms in total. The molecule has 33 heavy (non-hydrogen) atoms. The van der Waals surface area contributed by atoms with Gasteiger partial charge in [-0.15, -0.1) is 0 Å². The summed E-state index contributed by atoms with van der Waals surface area (Å²) < 4.78 is 18.4. The maximum absolute atomic E-state index is 13.2. The zero-order chi connectivity index (χ0) is 23.2. The summed E-state index contributed by atoms with van der Waals surface area (Å²) in [5.74, 6) is 0.170. The molecule has 0 bridgehead atoms. The molecular weight excluding hydrogens is 415 g/mol. The van der Waals surface area contributed by atoms with Crippen molar-refractivity contribution in [2.45, 2.75) is 38.8 Å². The molecule has 4 rings (SSSR count). The summed E-state index contributed by atoms with van der Waals surface area (Å²) in [6, 6.07) is 22.9. The number of hydrogen-bond donors (Lipinski definition) is 0. The number of nitrogens with zero attached hydrogens (tertiary/aromatic N) is 2. The van der Waals surface area contributed by atoms with Crippen molar-refractivity contribution in [3.63, 3.8) is 0 Å². The first-order valence-electron chi connectivity index (χ1n) is 11.5. The lowest BCUT2D eigenvalue weighted by Crippen LogP contribution is -2.35. The molecule has 0 atom stereocenters. The number of rotatable bonds is 6. The third-order valence-electron chi connectivity index (χ3n) is 6.49. The first kappa shape index (κ1) is 23.0. The van der Waals surface area contributed by atoms with Gasteiger partial charge in [0.25, 0.3) is 0 Å². The number of piperidine rings is 1. The van der Waals surface area contributed by atoms with Gasteiger partial charge in [-0.1, -0.05) is 54.6 Å². The highest BCUT2D eigenvalue weighted by Gasteiger charge is 2.28. The Kier molecular flexibility index (Phi) is 7.40. The Morgan fingerprint density at radius 1 is 0.970 bits per heavy atom. The number of carbonyl (C=O) groups is 1. The number of benzene rings is 3. The third-order valence-corrected chi connectivity index (χ3v) is 6.49. The Labute approximate surface area is 195 Å². The highest BCUT2D eigenvalue weighted by atomic mass is 19.1. The van der Waals surface area contributed by atoms with Crippen LogP contribution < -0.4 is 4.90 Å². The van der Waals surface area contributed by atoms with Gasteiger partial charge in [0.15, 0.2) is 0 Å². The van der Waals surface area contributed by atoms with E-state index in [2.05, 4.69) is 17.9 Å². The van der Waals surface area contributed by atoms with E-state index in [0.29, 0.717) is 12.5 Å². The van der Waals surface area contributed by atoms with Gasteiger partial charge >= 0.3 is 6.09 Å². The summed E-state index contributed by atoms with van der Waals surface area (Å²) in [5, 5.41) is 0. The molecular formula is C28H31FN2O2. The molecule has 3 aromatic rings. The summed E-state index contributed by atoms with van der Waals surface area (Å²) >= 11 is 0. The first-order chi connectivity index (χ1) is 16.0. The Morgan fingerprint density at radius 3 is 2.33 bits per heavy atom. The number of likely N-dealkylation sites (tertiary alicyclic amines) is 1. The van der Waals surface area contributed by atoms with Crippen LogP contribution in [0.25, 0.3) is 0 Å². The fraction of sp³-hybridized carbons (Fsp3) is 0.321. The minimum atomic E-state index is -0.348. The number of amides is 1. The van der Waals surface area contributed by atoms with Gasteiger partial charge < -0.3 is 4.74 Å². The van der Waals surface area contributed by atoms with E-state index in [-0.39, 0.29) is 11.9 Å². The number of anilines is 1. The van der Waals surface area contributed by atoms with Crippen LogP contribution in [0.4, 0.5) is 14.9 Å². The average Bonchev–Trinajstić information content (AvgIpc) is 2.85. The molecule has 0 radical (unpaired) electrons. The van der Waals surface area contributed by atoms with E-state index in [9.17, 15) is 9.18 Å². The van der Waals surface area contributed by atoms with Crippen molar-refractivity contribution in [1.29, 1.82) is 0 Å². The maximum atomic E-state index is 13.2. The van der Waals surface area contributed by atoms with Gasteiger partial charge in [0.05, 0.1) is 19.3 Å². The molecule has 3 aromatic carbocycles. The molecule has 5 heteroatoms. The summed E-state index contributed by atoms with van der Waals surface area (Å²) in [7, 11) is 1.43. The topological polar surface area (TPSA) is 32.8 Å². The van der Waals surface area contributed by atoms with Crippen LogP contribution in [0.5, 0.6) is 0 Å². The average molecular weight is 447 g/mol. The largest absolute Gasteiger partial charge is 0.452 e. The van der Waals surface area contributed by atoms with Crippen LogP contribution in [0.3, 0.4) is 0 Å². The minimum absolute atomic E-state index is 0.199. The number of ether oxygens (including phenoxy) is 1. The van der Waals surface area contributed by atoms with E-state index >= 15 is 0 Å². The van der Waals surface area contributed by atoms with Crippen LogP contribution in [0, 0.1) is 12.7 Å². The van der Waals surface area contributed by atoms with E-state index in [0.717, 1.165) is 49.3 Å². The highest BCUT2D eigenvalue weighted by Crippen LogP contribution is 2.38. The summed E-state index contributed by atoms with van der Waals surface area (Å²) in [4.78, 5) is 17.0. The highest BCUT2D eigenvalue weighted by molar-refractivity contribution is 5.89. The van der Waals surface area contributed by atoms with Crippen LogP contribution in [0.1, 0.15) is 41.0 Å². The van der Waals surface area contributed by atoms with Gasteiger partial charge in [0.1, 0.15) is 5.82 Å². The second kappa shape index (κ2) is 10.6. The number of aryl methyl sites for hydroxylation is 1. The quantitative estimate of drug-likeness (QED) is 0.446. The van der Waals surface area contributed by atoms with Gasteiger partial charge in [-0.05, 0) is 79.2 Å². The maximum Gasteiger partial charge on any atom is 0.414 e. The van der Waals surface area contributed by atoms with Crippen LogP contribution in [0.2, 0.25) is 0 Å². The van der Waals surface area contributed by atoms with Crippen LogP contribution in [0.15, 0.2) is 72.8 Å². The molecule has 0 unspecified atom stereocenters. The smallest absolute Gasteiger partial charge is 0.414 e. The van der Waals surface area contributed by atoms with Gasteiger partial charge in [-0.2, -0.15) is 0 Å². The molecule has 1 saturated heterocycles. The fourth-order valence-electron chi connectivity index (χ4n) is 4.78. The van der Waals surface area contributed by atoms with E-state index in [4.69, 9.17) is 4.74 Å². The van der Waals surface area contributed by atoms with Crippen molar-refractivity contribution in [1.82, 2.24) is 4.90 Å². The molecule has 1 aliphatic heterocycles. The summed E-state index contributed by atoms with van der Waals surface area (Å²) in [5.41, 5.74) is 5.56. The second-order valence-electron chi connectivity index (χ2n) is 8.73. The van der Waals surface area contributed by atoms with E-state index in [1.807, 2.05) is 54.6 Å². The van der Waals surface area contributed by atoms with Crippen LogP contribution >= 0.6 is 0 Å². The van der Waals surface area contributed by atoms with Crippen molar-refractivity contribution in [3.05, 3.63) is 101 Å².